The highest BCUT2D eigenvalue weighted by molar-refractivity contribution is 5.86. The first-order valence-electron chi connectivity index (χ1n) is 11.0. The summed E-state index contributed by atoms with van der Waals surface area (Å²) in [6.07, 6.45) is 4.79. The van der Waals surface area contributed by atoms with Gasteiger partial charge in [0, 0.05) is 50.1 Å². The lowest BCUT2D eigenvalue weighted by molar-refractivity contribution is -0.138. The third-order valence-electron chi connectivity index (χ3n) is 6.91. The molecule has 30 heavy (non-hydrogen) atoms. The van der Waals surface area contributed by atoms with E-state index in [-0.39, 0.29) is 23.8 Å². The molecule has 7 nitrogen and oxygen atoms in total. The lowest BCUT2D eigenvalue weighted by atomic mass is 9.79. The van der Waals surface area contributed by atoms with Crippen molar-refractivity contribution in [3.8, 4) is 11.5 Å². The maximum Gasteiger partial charge on any atom is 0.242 e. The largest absolute Gasteiger partial charge is 0.493 e. The molecule has 3 fully saturated rings. The third-order valence-corrected chi connectivity index (χ3v) is 6.91. The zero-order chi connectivity index (χ0) is 21.1. The van der Waals surface area contributed by atoms with Crippen LogP contribution in [0.2, 0.25) is 0 Å². The highest BCUT2D eigenvalue weighted by atomic mass is 16.5. The minimum Gasteiger partial charge on any atom is -0.493 e. The van der Waals surface area contributed by atoms with Crippen LogP contribution in [0, 0.1) is 5.41 Å². The Kier molecular flexibility index (Phi) is 6.18. The third kappa shape index (κ3) is 4.26. The van der Waals surface area contributed by atoms with Crippen LogP contribution < -0.4 is 9.47 Å². The van der Waals surface area contributed by atoms with E-state index in [1.165, 1.54) is 0 Å². The maximum atomic E-state index is 12.8. The Morgan fingerprint density at radius 1 is 1.07 bits per heavy atom. The molecule has 0 bridgehead atoms. The van der Waals surface area contributed by atoms with Gasteiger partial charge in [0.25, 0.3) is 0 Å². The molecule has 0 unspecified atom stereocenters. The number of para-hydroxylation sites is 1. The van der Waals surface area contributed by atoms with Crippen molar-refractivity contribution in [2.75, 3.05) is 53.5 Å². The van der Waals surface area contributed by atoms with Gasteiger partial charge in [-0.15, -0.1) is 0 Å². The molecule has 7 heteroatoms. The summed E-state index contributed by atoms with van der Waals surface area (Å²) >= 11 is 0. The quantitative estimate of drug-likeness (QED) is 0.712. The first-order chi connectivity index (χ1) is 14.5. The molecule has 164 valence electrons. The van der Waals surface area contributed by atoms with Gasteiger partial charge in [0.15, 0.2) is 11.5 Å². The molecule has 3 saturated heterocycles. The van der Waals surface area contributed by atoms with Gasteiger partial charge in [0.2, 0.25) is 11.8 Å². The van der Waals surface area contributed by atoms with Gasteiger partial charge in [0.05, 0.1) is 20.8 Å². The number of ether oxygens (including phenoxy) is 2. The van der Waals surface area contributed by atoms with Crippen LogP contribution in [0.1, 0.15) is 37.7 Å². The van der Waals surface area contributed by atoms with Gasteiger partial charge < -0.3 is 19.3 Å². The molecule has 0 saturated carbocycles. The summed E-state index contributed by atoms with van der Waals surface area (Å²) in [6.45, 7) is 5.44. The van der Waals surface area contributed by atoms with Crippen LogP contribution in [0.5, 0.6) is 11.5 Å². The summed E-state index contributed by atoms with van der Waals surface area (Å²) in [4.78, 5) is 30.8. The van der Waals surface area contributed by atoms with Crippen molar-refractivity contribution in [1.82, 2.24) is 14.7 Å². The smallest absolute Gasteiger partial charge is 0.242 e. The molecule has 0 radical (unpaired) electrons. The van der Waals surface area contributed by atoms with Crippen molar-refractivity contribution in [3.05, 3.63) is 23.8 Å². The van der Waals surface area contributed by atoms with Crippen LogP contribution in [0.15, 0.2) is 18.2 Å². The Morgan fingerprint density at radius 3 is 2.67 bits per heavy atom. The predicted octanol–water partition coefficient (Wildman–Crippen LogP) is 2.14. The van der Waals surface area contributed by atoms with Crippen LogP contribution in [-0.2, 0) is 16.1 Å². The van der Waals surface area contributed by atoms with E-state index in [1.54, 1.807) is 19.1 Å². The fourth-order valence-corrected chi connectivity index (χ4v) is 5.38. The minimum absolute atomic E-state index is 0.105. The molecule has 0 N–H and O–H groups in total. The van der Waals surface area contributed by atoms with Crippen molar-refractivity contribution in [3.63, 3.8) is 0 Å². The van der Waals surface area contributed by atoms with Gasteiger partial charge in [-0.2, -0.15) is 0 Å². The molecule has 0 aliphatic carbocycles. The summed E-state index contributed by atoms with van der Waals surface area (Å²) in [7, 11) is 3.35. The second-order valence-corrected chi connectivity index (χ2v) is 8.95. The number of carbonyl (C=O) groups is 2. The number of likely N-dealkylation sites (tertiary alicyclic amines) is 3. The highest BCUT2D eigenvalue weighted by Crippen LogP contribution is 2.40. The van der Waals surface area contributed by atoms with E-state index in [2.05, 4.69) is 11.0 Å². The van der Waals surface area contributed by atoms with Gasteiger partial charge >= 0.3 is 0 Å². The second-order valence-electron chi connectivity index (χ2n) is 8.95. The number of carbonyl (C=O) groups excluding carboxylic acids is 2. The highest BCUT2D eigenvalue weighted by Gasteiger charge is 2.43. The number of nitrogens with zero attached hydrogens (tertiary/aromatic N) is 3. The number of piperidine rings is 1. The molecular weight excluding hydrogens is 382 g/mol. The van der Waals surface area contributed by atoms with Crippen molar-refractivity contribution in [2.24, 2.45) is 5.41 Å². The molecular formula is C23H33N3O4. The molecule has 3 heterocycles. The Labute approximate surface area is 178 Å². The van der Waals surface area contributed by atoms with Gasteiger partial charge in [-0.25, -0.2) is 0 Å². The number of methoxy groups -OCH3 is 2. The number of hydrogen-bond donors (Lipinski definition) is 0. The maximum absolute atomic E-state index is 12.8. The van der Waals surface area contributed by atoms with Crippen LogP contribution >= 0.6 is 0 Å². The van der Waals surface area contributed by atoms with E-state index >= 15 is 0 Å². The average molecular weight is 416 g/mol. The Hall–Kier alpha value is -2.28. The molecule has 1 spiro atoms. The topological polar surface area (TPSA) is 62.3 Å². The molecule has 2 amide bonds. The Balaban J connectivity index is 1.38. The van der Waals surface area contributed by atoms with E-state index in [1.807, 2.05) is 17.0 Å². The van der Waals surface area contributed by atoms with Crippen molar-refractivity contribution in [1.29, 1.82) is 0 Å². The second kappa shape index (κ2) is 8.84. The zero-order valence-corrected chi connectivity index (χ0v) is 18.2. The average Bonchev–Trinajstić information content (AvgIpc) is 3.34. The van der Waals surface area contributed by atoms with E-state index < -0.39 is 0 Å². The van der Waals surface area contributed by atoms with Crippen molar-refractivity contribution >= 4 is 11.8 Å². The monoisotopic (exact) mass is 415 g/mol. The van der Waals surface area contributed by atoms with E-state index in [4.69, 9.17) is 9.47 Å². The number of hydrogen-bond acceptors (Lipinski definition) is 5. The lowest BCUT2D eigenvalue weighted by Crippen LogP contribution is -2.46. The van der Waals surface area contributed by atoms with E-state index in [9.17, 15) is 9.59 Å². The van der Waals surface area contributed by atoms with Crippen LogP contribution in [0.3, 0.4) is 0 Å². The van der Waals surface area contributed by atoms with Crippen LogP contribution in [0.4, 0.5) is 0 Å². The molecule has 4 rings (SSSR count). The van der Waals surface area contributed by atoms with Crippen molar-refractivity contribution in [2.45, 2.75) is 38.6 Å². The Morgan fingerprint density at radius 2 is 1.93 bits per heavy atom. The molecule has 3 aliphatic heterocycles. The van der Waals surface area contributed by atoms with E-state index in [0.29, 0.717) is 6.42 Å². The predicted molar refractivity (Wildman–Crippen MR) is 114 cm³/mol. The van der Waals surface area contributed by atoms with Crippen LogP contribution in [0.25, 0.3) is 0 Å². The van der Waals surface area contributed by atoms with E-state index in [0.717, 1.165) is 82.0 Å². The standard InChI is InChI=1S/C23H33N3O4/c1-29-19-7-3-6-18(22(19)30-2)14-24-11-5-9-23(16-24)10-13-26(17-23)21(28)15-25-12-4-8-20(25)27/h3,6-7H,4-5,8-17H2,1-2H3/t23-/m0/s1. The number of benzene rings is 1. The molecule has 1 aromatic rings. The van der Waals surface area contributed by atoms with Crippen LogP contribution in [-0.4, -0.2) is 80.0 Å². The van der Waals surface area contributed by atoms with Gasteiger partial charge in [-0.05, 0) is 38.3 Å². The summed E-state index contributed by atoms with van der Waals surface area (Å²) in [5.74, 6) is 1.79. The minimum atomic E-state index is 0.105. The summed E-state index contributed by atoms with van der Waals surface area (Å²) in [6, 6.07) is 6.03. The summed E-state index contributed by atoms with van der Waals surface area (Å²) < 4.78 is 11.1. The molecule has 1 atom stereocenters. The number of rotatable bonds is 6. The summed E-state index contributed by atoms with van der Waals surface area (Å²) in [5, 5.41) is 0. The molecule has 1 aromatic carbocycles. The first-order valence-corrected chi connectivity index (χ1v) is 11.0. The van der Waals surface area contributed by atoms with Gasteiger partial charge in [-0.3, -0.25) is 14.5 Å². The fourth-order valence-electron chi connectivity index (χ4n) is 5.38. The molecule has 0 aromatic heterocycles. The summed E-state index contributed by atoms with van der Waals surface area (Å²) in [5.41, 5.74) is 1.29. The Bertz CT molecular complexity index is 799. The van der Waals surface area contributed by atoms with Crippen molar-refractivity contribution < 1.29 is 19.1 Å². The van der Waals surface area contributed by atoms with Gasteiger partial charge in [0.1, 0.15) is 0 Å². The zero-order valence-electron chi connectivity index (χ0n) is 18.2. The SMILES string of the molecule is COc1cccc(CN2CCC[C@]3(CCN(C(=O)CN4CCCC4=O)C3)C2)c1OC. The number of amides is 2. The fraction of sp³-hybridized carbons (Fsp3) is 0.652. The normalized spacial score (nSPS) is 24.7. The lowest BCUT2D eigenvalue weighted by Gasteiger charge is -2.40. The first kappa shape index (κ1) is 21.0. The molecule has 3 aliphatic rings. The van der Waals surface area contributed by atoms with Gasteiger partial charge in [-0.1, -0.05) is 12.1 Å².